The summed E-state index contributed by atoms with van der Waals surface area (Å²) >= 11 is 12.4. The number of halogens is 2. The second-order valence-corrected chi connectivity index (χ2v) is 5.46. The number of rotatable bonds is 1. The number of aryl methyl sites for hydroxylation is 1. The average molecular weight is 307 g/mol. The minimum absolute atomic E-state index is 0.626. The topological polar surface area (TPSA) is 43.1 Å². The Labute approximate surface area is 126 Å². The monoisotopic (exact) mass is 306 g/mol. The van der Waals surface area contributed by atoms with Crippen molar-refractivity contribution in [2.24, 2.45) is 5.10 Å². The van der Waals surface area contributed by atoms with Crippen LogP contribution in [0.3, 0.4) is 0 Å². The van der Waals surface area contributed by atoms with Crippen LogP contribution in [0.2, 0.25) is 10.0 Å². The highest BCUT2D eigenvalue weighted by atomic mass is 35.5. The Morgan fingerprint density at radius 2 is 1.85 bits per heavy atom. The van der Waals surface area contributed by atoms with Gasteiger partial charge in [0, 0.05) is 22.0 Å². The van der Waals surface area contributed by atoms with Gasteiger partial charge in [-0.15, -0.1) is 10.2 Å². The molecule has 1 aliphatic rings. The van der Waals surface area contributed by atoms with Gasteiger partial charge in [-0.3, -0.25) is 0 Å². The molecular weight excluding hydrogens is 295 g/mol. The van der Waals surface area contributed by atoms with Crippen molar-refractivity contribution in [2.45, 2.75) is 20.3 Å². The van der Waals surface area contributed by atoms with Gasteiger partial charge in [-0.2, -0.15) is 5.10 Å². The Morgan fingerprint density at radius 1 is 1.15 bits per heavy atom. The minimum Gasteiger partial charge on any atom is -0.201 e. The standard InChI is InChI=1S/C14H12Cl2N4/c1-8-10(6-11-12(15)4-3-5-13(11)16)7-14-18-17-9(2)20(14)19-8/h3-6H,7H2,1-2H3/b10-6+. The zero-order valence-electron chi connectivity index (χ0n) is 11.1. The van der Waals surface area contributed by atoms with Crippen LogP contribution in [0.25, 0.3) is 6.08 Å². The summed E-state index contributed by atoms with van der Waals surface area (Å²) in [6, 6.07) is 5.47. The Morgan fingerprint density at radius 3 is 2.55 bits per heavy atom. The average Bonchev–Trinajstić information content (AvgIpc) is 2.75. The Hall–Kier alpha value is -1.65. The molecule has 0 radical (unpaired) electrons. The van der Waals surface area contributed by atoms with Crippen LogP contribution in [-0.2, 0) is 6.42 Å². The summed E-state index contributed by atoms with van der Waals surface area (Å²) in [6.07, 6.45) is 2.63. The molecule has 0 bridgehead atoms. The molecule has 2 aromatic rings. The lowest BCUT2D eigenvalue weighted by Gasteiger charge is -2.14. The third-order valence-corrected chi connectivity index (χ3v) is 3.90. The second-order valence-electron chi connectivity index (χ2n) is 4.64. The predicted molar refractivity (Wildman–Crippen MR) is 81.4 cm³/mol. The van der Waals surface area contributed by atoms with Crippen molar-refractivity contribution >= 4 is 35.0 Å². The van der Waals surface area contributed by atoms with Gasteiger partial charge in [0.25, 0.3) is 0 Å². The maximum atomic E-state index is 6.20. The molecule has 1 aromatic heterocycles. The number of allylic oxidation sites excluding steroid dienone is 1. The van der Waals surface area contributed by atoms with E-state index < -0.39 is 0 Å². The molecule has 0 aliphatic carbocycles. The van der Waals surface area contributed by atoms with Gasteiger partial charge in [0.15, 0.2) is 11.6 Å². The van der Waals surface area contributed by atoms with E-state index in [0.29, 0.717) is 16.5 Å². The molecule has 0 fully saturated rings. The van der Waals surface area contributed by atoms with Gasteiger partial charge in [-0.1, -0.05) is 29.3 Å². The molecule has 0 spiro atoms. The summed E-state index contributed by atoms with van der Waals surface area (Å²) in [5.74, 6) is 1.61. The van der Waals surface area contributed by atoms with Crippen molar-refractivity contribution < 1.29 is 0 Å². The zero-order valence-corrected chi connectivity index (χ0v) is 12.6. The predicted octanol–water partition coefficient (Wildman–Crippen LogP) is 3.76. The fourth-order valence-corrected chi connectivity index (χ4v) is 2.64. The molecule has 0 amide bonds. The third kappa shape index (κ3) is 2.25. The molecule has 1 aliphatic heterocycles. The lowest BCUT2D eigenvalue weighted by molar-refractivity contribution is 0.753. The van der Waals surface area contributed by atoms with Crippen LogP contribution in [0.4, 0.5) is 0 Å². The van der Waals surface area contributed by atoms with Crippen LogP contribution in [0.5, 0.6) is 0 Å². The maximum absolute atomic E-state index is 6.20. The number of aromatic nitrogens is 3. The molecule has 0 saturated heterocycles. The van der Waals surface area contributed by atoms with Crippen molar-refractivity contribution in [1.82, 2.24) is 14.9 Å². The molecule has 0 saturated carbocycles. The molecule has 102 valence electrons. The summed E-state index contributed by atoms with van der Waals surface area (Å²) in [5.41, 5.74) is 2.77. The largest absolute Gasteiger partial charge is 0.201 e. The smallest absolute Gasteiger partial charge is 0.159 e. The molecule has 1 aromatic carbocycles. The van der Waals surface area contributed by atoms with Crippen molar-refractivity contribution in [3.8, 4) is 0 Å². The highest BCUT2D eigenvalue weighted by Crippen LogP contribution is 2.28. The van der Waals surface area contributed by atoms with E-state index in [1.165, 1.54) is 0 Å². The van der Waals surface area contributed by atoms with E-state index in [-0.39, 0.29) is 0 Å². The number of benzene rings is 1. The summed E-state index contributed by atoms with van der Waals surface area (Å²) in [7, 11) is 0. The lowest BCUT2D eigenvalue weighted by Crippen LogP contribution is -2.14. The molecule has 0 atom stereocenters. The van der Waals surface area contributed by atoms with Gasteiger partial charge < -0.3 is 0 Å². The van der Waals surface area contributed by atoms with E-state index in [1.807, 2.05) is 38.1 Å². The van der Waals surface area contributed by atoms with Crippen LogP contribution in [0.1, 0.15) is 24.1 Å². The van der Waals surface area contributed by atoms with E-state index in [2.05, 4.69) is 15.3 Å². The lowest BCUT2D eigenvalue weighted by atomic mass is 10.0. The number of nitrogens with zero attached hydrogens (tertiary/aromatic N) is 4. The van der Waals surface area contributed by atoms with Crippen molar-refractivity contribution in [1.29, 1.82) is 0 Å². The molecule has 0 unspecified atom stereocenters. The van der Waals surface area contributed by atoms with Crippen LogP contribution in [-0.4, -0.2) is 20.6 Å². The van der Waals surface area contributed by atoms with Gasteiger partial charge in [0.05, 0.1) is 5.71 Å². The first kappa shape index (κ1) is 13.3. The van der Waals surface area contributed by atoms with Crippen LogP contribution < -0.4 is 0 Å². The van der Waals surface area contributed by atoms with E-state index in [4.69, 9.17) is 23.2 Å². The first-order chi connectivity index (χ1) is 9.56. The van der Waals surface area contributed by atoms with Crippen molar-refractivity contribution in [3.63, 3.8) is 0 Å². The van der Waals surface area contributed by atoms with E-state index in [0.717, 1.165) is 28.5 Å². The first-order valence-electron chi connectivity index (χ1n) is 6.17. The van der Waals surface area contributed by atoms with Crippen LogP contribution >= 0.6 is 23.2 Å². The van der Waals surface area contributed by atoms with E-state index in [9.17, 15) is 0 Å². The maximum Gasteiger partial charge on any atom is 0.159 e. The van der Waals surface area contributed by atoms with Gasteiger partial charge in [0.2, 0.25) is 0 Å². The summed E-state index contributed by atoms with van der Waals surface area (Å²) in [5, 5.41) is 13.9. The Bertz CT molecular complexity index is 723. The summed E-state index contributed by atoms with van der Waals surface area (Å²) < 4.78 is 1.76. The molecule has 4 nitrogen and oxygen atoms in total. The Balaban J connectivity index is 2.07. The summed E-state index contributed by atoms with van der Waals surface area (Å²) in [6.45, 7) is 3.84. The number of hydrogen-bond acceptors (Lipinski definition) is 3. The van der Waals surface area contributed by atoms with E-state index in [1.54, 1.807) is 4.68 Å². The van der Waals surface area contributed by atoms with Gasteiger partial charge in [0.1, 0.15) is 0 Å². The highest BCUT2D eigenvalue weighted by Gasteiger charge is 2.18. The fraction of sp³-hybridized carbons (Fsp3) is 0.214. The van der Waals surface area contributed by atoms with Gasteiger partial charge in [-0.05, 0) is 37.6 Å². The van der Waals surface area contributed by atoms with Crippen molar-refractivity contribution in [2.75, 3.05) is 0 Å². The molecule has 2 heterocycles. The molecule has 20 heavy (non-hydrogen) atoms. The first-order valence-corrected chi connectivity index (χ1v) is 6.93. The summed E-state index contributed by atoms with van der Waals surface area (Å²) in [4.78, 5) is 0. The van der Waals surface area contributed by atoms with Gasteiger partial charge >= 0.3 is 0 Å². The molecular formula is C14H12Cl2N4. The Kier molecular flexibility index (Phi) is 3.36. The number of fused-ring (bicyclic) bond motifs is 1. The fourth-order valence-electron chi connectivity index (χ4n) is 2.13. The second kappa shape index (κ2) is 5.04. The van der Waals surface area contributed by atoms with Gasteiger partial charge in [-0.25, -0.2) is 4.68 Å². The van der Waals surface area contributed by atoms with Crippen molar-refractivity contribution in [3.05, 3.63) is 51.0 Å². The van der Waals surface area contributed by atoms with Crippen LogP contribution in [0.15, 0.2) is 28.9 Å². The minimum atomic E-state index is 0.626. The van der Waals surface area contributed by atoms with Crippen LogP contribution in [0, 0.1) is 6.92 Å². The van der Waals surface area contributed by atoms with E-state index >= 15 is 0 Å². The molecule has 0 N–H and O–H groups in total. The number of hydrogen-bond donors (Lipinski definition) is 0. The quantitative estimate of drug-likeness (QED) is 0.805. The zero-order chi connectivity index (χ0) is 14.3. The SMILES string of the molecule is CC1=Nn2c(C)nnc2C/C1=C\c1c(Cl)cccc1Cl. The third-order valence-electron chi connectivity index (χ3n) is 3.24. The molecule has 6 heteroatoms. The normalized spacial score (nSPS) is 16.2. The highest BCUT2D eigenvalue weighted by molar-refractivity contribution is 6.37. The molecule has 3 rings (SSSR count).